The van der Waals surface area contributed by atoms with Gasteiger partial charge in [-0.05, 0) is 24.2 Å². The summed E-state index contributed by atoms with van der Waals surface area (Å²) in [7, 11) is 2.11. The molecule has 0 atom stereocenters. The SMILES string of the molecule is COC(=O)C(Cc1c(OC(=O)c2ccccc2)noc1C)(NC(C)=O)C(=O)OC. The lowest BCUT2D eigenvalue weighted by atomic mass is 9.90. The summed E-state index contributed by atoms with van der Waals surface area (Å²) in [5.41, 5.74) is -1.86. The van der Waals surface area contributed by atoms with Crippen molar-refractivity contribution >= 4 is 23.8 Å². The highest BCUT2D eigenvalue weighted by atomic mass is 16.6. The van der Waals surface area contributed by atoms with E-state index in [1.54, 1.807) is 30.3 Å². The number of nitrogens with zero attached hydrogens (tertiary/aromatic N) is 1. The molecule has 2 rings (SSSR count). The molecule has 1 aromatic heterocycles. The number of esters is 3. The van der Waals surface area contributed by atoms with Crippen LogP contribution in [0.5, 0.6) is 5.88 Å². The molecule has 0 radical (unpaired) electrons. The van der Waals surface area contributed by atoms with E-state index in [1.165, 1.54) is 6.92 Å². The van der Waals surface area contributed by atoms with Crippen molar-refractivity contribution in [3.8, 4) is 5.88 Å². The van der Waals surface area contributed by atoms with Crippen LogP contribution < -0.4 is 10.1 Å². The molecule has 1 heterocycles. The summed E-state index contributed by atoms with van der Waals surface area (Å²) in [5, 5.41) is 5.95. The lowest BCUT2D eigenvalue weighted by molar-refractivity contribution is -0.165. The first-order chi connectivity index (χ1) is 13.7. The summed E-state index contributed by atoms with van der Waals surface area (Å²) in [6, 6.07) is 8.12. The second-order valence-corrected chi connectivity index (χ2v) is 6.02. The smallest absolute Gasteiger partial charge is 0.344 e. The minimum atomic E-state index is -2.22. The average molecular weight is 404 g/mol. The molecule has 0 aliphatic heterocycles. The molecular weight excluding hydrogens is 384 g/mol. The zero-order chi connectivity index (χ0) is 21.6. The Kier molecular flexibility index (Phi) is 6.71. The summed E-state index contributed by atoms with van der Waals surface area (Å²) in [4.78, 5) is 49.0. The van der Waals surface area contributed by atoms with Crippen LogP contribution in [0.4, 0.5) is 0 Å². The van der Waals surface area contributed by atoms with Crippen molar-refractivity contribution in [3.05, 3.63) is 47.2 Å². The van der Waals surface area contributed by atoms with Crippen molar-refractivity contribution in [2.75, 3.05) is 14.2 Å². The Morgan fingerprint density at radius 3 is 2.17 bits per heavy atom. The fourth-order valence-electron chi connectivity index (χ4n) is 2.66. The molecule has 0 bridgehead atoms. The number of benzene rings is 1. The molecule has 0 aliphatic rings. The quantitative estimate of drug-likeness (QED) is 0.529. The Hall–Kier alpha value is -3.69. The monoisotopic (exact) mass is 404 g/mol. The fourth-order valence-corrected chi connectivity index (χ4v) is 2.66. The van der Waals surface area contributed by atoms with Gasteiger partial charge in [0.15, 0.2) is 0 Å². The van der Waals surface area contributed by atoms with Gasteiger partial charge in [0, 0.05) is 13.3 Å². The molecular formula is C19H20N2O8. The normalized spacial score (nSPS) is 10.8. The number of rotatable bonds is 7. The molecule has 0 fully saturated rings. The van der Waals surface area contributed by atoms with Crippen molar-refractivity contribution in [3.63, 3.8) is 0 Å². The van der Waals surface area contributed by atoms with Gasteiger partial charge < -0.3 is 24.1 Å². The van der Waals surface area contributed by atoms with Crippen LogP contribution in [-0.4, -0.2) is 48.7 Å². The molecule has 154 valence electrons. The molecule has 2 aromatic rings. The minimum Gasteiger partial charge on any atom is -0.467 e. The first-order valence-electron chi connectivity index (χ1n) is 8.43. The van der Waals surface area contributed by atoms with E-state index in [-0.39, 0.29) is 22.8 Å². The predicted molar refractivity (Wildman–Crippen MR) is 96.9 cm³/mol. The summed E-state index contributed by atoms with van der Waals surface area (Å²) in [5.74, 6) is -3.62. The zero-order valence-electron chi connectivity index (χ0n) is 16.3. The Bertz CT molecular complexity index is 904. The number of hydrogen-bond acceptors (Lipinski definition) is 9. The van der Waals surface area contributed by atoms with Gasteiger partial charge in [-0.25, -0.2) is 14.4 Å². The summed E-state index contributed by atoms with van der Waals surface area (Å²) < 4.78 is 19.7. The number of methoxy groups -OCH3 is 2. The van der Waals surface area contributed by atoms with Crippen molar-refractivity contribution in [2.24, 2.45) is 0 Å². The molecule has 10 heteroatoms. The van der Waals surface area contributed by atoms with Gasteiger partial charge in [-0.1, -0.05) is 18.2 Å². The van der Waals surface area contributed by atoms with Gasteiger partial charge >= 0.3 is 17.9 Å². The number of aryl methyl sites for hydroxylation is 1. The van der Waals surface area contributed by atoms with Crippen LogP contribution in [0, 0.1) is 6.92 Å². The van der Waals surface area contributed by atoms with Gasteiger partial charge in [0.05, 0.1) is 25.3 Å². The van der Waals surface area contributed by atoms with Crippen LogP contribution in [-0.2, 0) is 30.3 Å². The highest BCUT2D eigenvalue weighted by molar-refractivity contribution is 6.08. The maximum Gasteiger partial charge on any atom is 0.344 e. The second-order valence-electron chi connectivity index (χ2n) is 6.02. The van der Waals surface area contributed by atoms with Crippen LogP contribution in [0.3, 0.4) is 0 Å². The maximum atomic E-state index is 12.5. The summed E-state index contributed by atoms with van der Waals surface area (Å²) >= 11 is 0. The molecule has 0 unspecified atom stereocenters. The van der Waals surface area contributed by atoms with E-state index >= 15 is 0 Å². The van der Waals surface area contributed by atoms with E-state index < -0.39 is 35.8 Å². The van der Waals surface area contributed by atoms with Crippen LogP contribution in [0.2, 0.25) is 0 Å². The van der Waals surface area contributed by atoms with E-state index in [9.17, 15) is 19.2 Å². The van der Waals surface area contributed by atoms with Crippen molar-refractivity contribution < 1.29 is 37.9 Å². The summed E-state index contributed by atoms with van der Waals surface area (Å²) in [6.07, 6.45) is -0.474. The zero-order valence-corrected chi connectivity index (χ0v) is 16.3. The second kappa shape index (κ2) is 9.00. The van der Waals surface area contributed by atoms with Crippen LogP contribution in [0.15, 0.2) is 34.9 Å². The van der Waals surface area contributed by atoms with Crippen molar-refractivity contribution in [1.82, 2.24) is 10.5 Å². The minimum absolute atomic E-state index is 0.110. The molecule has 10 nitrogen and oxygen atoms in total. The standard InChI is InChI=1S/C19H20N2O8/c1-11-14(10-19(17(24)26-3,18(25)27-4)20-12(2)22)15(21-29-11)28-16(23)13-8-6-5-7-9-13/h5-9H,10H2,1-4H3,(H,20,22). The first kappa shape index (κ1) is 21.6. The topological polar surface area (TPSA) is 134 Å². The largest absolute Gasteiger partial charge is 0.467 e. The molecule has 0 aliphatic carbocycles. The molecule has 0 saturated carbocycles. The van der Waals surface area contributed by atoms with Gasteiger partial charge in [0.25, 0.3) is 5.88 Å². The van der Waals surface area contributed by atoms with Gasteiger partial charge in [-0.3, -0.25) is 4.79 Å². The summed E-state index contributed by atoms with van der Waals surface area (Å²) in [6.45, 7) is 2.62. The first-order valence-corrected chi connectivity index (χ1v) is 8.43. The lowest BCUT2D eigenvalue weighted by Gasteiger charge is -2.28. The number of hydrogen-bond donors (Lipinski definition) is 1. The van der Waals surface area contributed by atoms with E-state index in [0.29, 0.717) is 0 Å². The Labute approximate surface area is 166 Å². The van der Waals surface area contributed by atoms with E-state index in [0.717, 1.165) is 21.1 Å². The van der Waals surface area contributed by atoms with E-state index in [2.05, 4.69) is 10.5 Å². The molecule has 1 amide bonds. The van der Waals surface area contributed by atoms with Crippen molar-refractivity contribution in [2.45, 2.75) is 25.8 Å². The number of aromatic nitrogens is 1. The van der Waals surface area contributed by atoms with Crippen LogP contribution in [0.1, 0.15) is 28.6 Å². The number of nitrogens with one attached hydrogen (secondary N) is 1. The predicted octanol–water partition coefficient (Wildman–Crippen LogP) is 0.966. The third kappa shape index (κ3) is 4.60. The number of ether oxygens (including phenoxy) is 3. The highest BCUT2D eigenvalue weighted by Gasteiger charge is 2.51. The van der Waals surface area contributed by atoms with Gasteiger partial charge in [-0.15, -0.1) is 0 Å². The number of carbonyl (C=O) groups is 4. The Balaban J connectivity index is 2.45. The van der Waals surface area contributed by atoms with Crippen molar-refractivity contribution in [1.29, 1.82) is 0 Å². The highest BCUT2D eigenvalue weighted by Crippen LogP contribution is 2.28. The number of carbonyl (C=O) groups excluding carboxylic acids is 4. The van der Waals surface area contributed by atoms with Crippen LogP contribution >= 0.6 is 0 Å². The number of amides is 1. The molecule has 0 spiro atoms. The Morgan fingerprint density at radius 1 is 1.07 bits per heavy atom. The maximum absolute atomic E-state index is 12.5. The molecule has 1 aromatic carbocycles. The molecule has 1 N–H and O–H groups in total. The van der Waals surface area contributed by atoms with Crippen LogP contribution in [0.25, 0.3) is 0 Å². The van der Waals surface area contributed by atoms with Gasteiger partial charge in [0.1, 0.15) is 5.76 Å². The van der Waals surface area contributed by atoms with E-state index in [1.807, 2.05) is 0 Å². The fraction of sp³-hybridized carbons (Fsp3) is 0.316. The molecule has 29 heavy (non-hydrogen) atoms. The van der Waals surface area contributed by atoms with E-state index in [4.69, 9.17) is 18.7 Å². The van der Waals surface area contributed by atoms with Gasteiger partial charge in [0.2, 0.25) is 11.4 Å². The molecule has 0 saturated heterocycles. The van der Waals surface area contributed by atoms with Gasteiger partial charge in [-0.2, -0.15) is 0 Å². The third-order valence-corrected chi connectivity index (χ3v) is 4.05. The average Bonchev–Trinajstić information content (AvgIpc) is 3.05. The third-order valence-electron chi connectivity index (χ3n) is 4.05. The Morgan fingerprint density at radius 2 is 1.66 bits per heavy atom. The lowest BCUT2D eigenvalue weighted by Crippen LogP contribution is -2.62.